The molecule has 1 atom stereocenters. The first-order valence-electron chi connectivity index (χ1n) is 8.50. The molecule has 124 valence electrons. The van der Waals surface area contributed by atoms with E-state index in [-0.39, 0.29) is 12.1 Å². The van der Waals surface area contributed by atoms with Crippen LogP contribution in [0.2, 0.25) is 0 Å². The van der Waals surface area contributed by atoms with Crippen molar-refractivity contribution in [3.05, 3.63) is 35.9 Å². The second-order valence-corrected chi connectivity index (χ2v) is 7.16. The van der Waals surface area contributed by atoms with Gasteiger partial charge in [-0.25, -0.2) is 4.79 Å². The Morgan fingerprint density at radius 2 is 1.83 bits per heavy atom. The highest BCUT2D eigenvalue weighted by atomic mass is 16.6. The van der Waals surface area contributed by atoms with E-state index in [4.69, 9.17) is 4.74 Å². The van der Waals surface area contributed by atoms with Gasteiger partial charge in [0.1, 0.15) is 5.60 Å². The van der Waals surface area contributed by atoms with Gasteiger partial charge < -0.3 is 10.1 Å². The molecule has 1 fully saturated rings. The molecule has 0 saturated heterocycles. The molecule has 0 radical (unpaired) electrons. The van der Waals surface area contributed by atoms with Gasteiger partial charge in [0.15, 0.2) is 0 Å². The topological polar surface area (TPSA) is 38.3 Å². The number of benzene rings is 1. The van der Waals surface area contributed by atoms with Crippen molar-refractivity contribution < 1.29 is 9.53 Å². The van der Waals surface area contributed by atoms with Gasteiger partial charge in [-0.3, -0.25) is 0 Å². The summed E-state index contributed by atoms with van der Waals surface area (Å²) >= 11 is 0. The lowest BCUT2D eigenvalue weighted by atomic mass is 9.84. The van der Waals surface area contributed by atoms with Crippen LogP contribution in [0.1, 0.15) is 58.4 Å². The van der Waals surface area contributed by atoms with Crippen molar-refractivity contribution in [1.29, 1.82) is 0 Å². The van der Waals surface area contributed by atoms with Crippen molar-refractivity contribution in [2.24, 2.45) is 5.92 Å². The minimum Gasteiger partial charge on any atom is -0.444 e. The van der Waals surface area contributed by atoms with E-state index >= 15 is 0 Å². The van der Waals surface area contributed by atoms with E-state index in [1.165, 1.54) is 19.3 Å². The summed E-state index contributed by atoms with van der Waals surface area (Å²) < 4.78 is 5.39. The van der Waals surface area contributed by atoms with Crippen LogP contribution in [0.4, 0.5) is 4.79 Å². The van der Waals surface area contributed by atoms with E-state index in [1.807, 2.05) is 51.1 Å². The molecular weight excluding hydrogens is 286 g/mol. The highest BCUT2D eigenvalue weighted by Gasteiger charge is 2.26. The predicted octanol–water partition coefficient (Wildman–Crippen LogP) is 4.51. The summed E-state index contributed by atoms with van der Waals surface area (Å²) in [5, 5.41) is 2.98. The molecule has 1 saturated carbocycles. The lowest BCUT2D eigenvalue weighted by molar-refractivity contribution is 0.0497. The predicted molar refractivity (Wildman–Crippen MR) is 93.1 cm³/mol. The summed E-state index contributed by atoms with van der Waals surface area (Å²) in [4.78, 5) is 12.1. The Morgan fingerprint density at radius 1 is 1.17 bits per heavy atom. The molecule has 1 aliphatic rings. The summed E-state index contributed by atoms with van der Waals surface area (Å²) in [6.45, 7) is 5.62. The van der Waals surface area contributed by atoms with E-state index < -0.39 is 5.60 Å². The Balaban J connectivity index is 2.08. The molecule has 1 amide bonds. The third kappa shape index (κ3) is 6.36. The van der Waals surface area contributed by atoms with Gasteiger partial charge in [0.05, 0.1) is 6.04 Å². The highest BCUT2D eigenvalue weighted by molar-refractivity contribution is 5.68. The Morgan fingerprint density at radius 3 is 2.43 bits per heavy atom. The van der Waals surface area contributed by atoms with Gasteiger partial charge in [0.2, 0.25) is 0 Å². The third-order valence-electron chi connectivity index (χ3n) is 3.94. The summed E-state index contributed by atoms with van der Waals surface area (Å²) in [5.41, 5.74) is 0.480. The van der Waals surface area contributed by atoms with E-state index in [2.05, 4.69) is 17.2 Å². The molecule has 1 aromatic carbocycles. The lowest BCUT2D eigenvalue weighted by Crippen LogP contribution is -2.42. The number of carbonyl (C=O) groups is 1. The Labute approximate surface area is 139 Å². The zero-order chi connectivity index (χ0) is 16.7. The molecular formula is C20H27NO2. The molecule has 0 bridgehead atoms. The van der Waals surface area contributed by atoms with Gasteiger partial charge >= 0.3 is 6.09 Å². The van der Waals surface area contributed by atoms with Crippen molar-refractivity contribution >= 4 is 6.09 Å². The van der Waals surface area contributed by atoms with Crippen LogP contribution in [0.3, 0.4) is 0 Å². The fourth-order valence-corrected chi connectivity index (χ4v) is 2.86. The second-order valence-electron chi connectivity index (χ2n) is 7.16. The van der Waals surface area contributed by atoms with Crippen LogP contribution in [0.25, 0.3) is 0 Å². The fourth-order valence-electron chi connectivity index (χ4n) is 2.86. The molecule has 0 aromatic heterocycles. The van der Waals surface area contributed by atoms with Crippen LogP contribution in [0, 0.1) is 17.8 Å². The van der Waals surface area contributed by atoms with Crippen LogP contribution in [0.15, 0.2) is 30.3 Å². The van der Waals surface area contributed by atoms with E-state index in [0.29, 0.717) is 5.92 Å². The van der Waals surface area contributed by atoms with E-state index in [9.17, 15) is 4.79 Å². The smallest absolute Gasteiger partial charge is 0.408 e. The first-order chi connectivity index (χ1) is 10.9. The lowest BCUT2D eigenvalue weighted by Gasteiger charge is -2.28. The average Bonchev–Trinajstić information content (AvgIpc) is 2.51. The van der Waals surface area contributed by atoms with Crippen LogP contribution in [0.5, 0.6) is 0 Å². The summed E-state index contributed by atoms with van der Waals surface area (Å²) in [6.07, 6.45) is 5.56. The minimum absolute atomic E-state index is 0.148. The van der Waals surface area contributed by atoms with E-state index in [1.54, 1.807) is 0 Å². The summed E-state index contributed by atoms with van der Waals surface area (Å²) in [7, 11) is 0. The zero-order valence-corrected chi connectivity index (χ0v) is 14.4. The van der Waals surface area contributed by atoms with Gasteiger partial charge in [-0.05, 0) is 51.7 Å². The van der Waals surface area contributed by atoms with Gasteiger partial charge in [0.25, 0.3) is 0 Å². The van der Waals surface area contributed by atoms with E-state index in [0.717, 1.165) is 18.4 Å². The molecule has 0 heterocycles. The maximum absolute atomic E-state index is 12.1. The Kier molecular flexibility index (Phi) is 6.10. The summed E-state index contributed by atoms with van der Waals surface area (Å²) in [5.74, 6) is 6.86. The first kappa shape index (κ1) is 17.4. The molecule has 1 aromatic rings. The maximum Gasteiger partial charge on any atom is 0.408 e. The molecule has 0 aliphatic heterocycles. The average molecular weight is 313 g/mol. The number of rotatable bonds is 2. The number of hydrogen-bond acceptors (Lipinski definition) is 2. The van der Waals surface area contributed by atoms with Crippen LogP contribution in [-0.2, 0) is 4.74 Å². The van der Waals surface area contributed by atoms with Gasteiger partial charge in [-0.15, -0.1) is 0 Å². The number of hydrogen-bond donors (Lipinski definition) is 1. The van der Waals surface area contributed by atoms with Crippen LogP contribution >= 0.6 is 0 Å². The summed E-state index contributed by atoms with van der Waals surface area (Å²) in [6, 6.07) is 9.74. The van der Waals surface area contributed by atoms with Gasteiger partial charge in [0, 0.05) is 5.56 Å². The molecule has 3 heteroatoms. The normalized spacial score (nSPS) is 16.8. The van der Waals surface area contributed by atoms with Crippen molar-refractivity contribution in [3.63, 3.8) is 0 Å². The van der Waals surface area contributed by atoms with Crippen molar-refractivity contribution in [2.75, 3.05) is 0 Å². The molecule has 1 aliphatic carbocycles. The molecule has 3 nitrogen and oxygen atoms in total. The Bertz CT molecular complexity index is 557. The number of carbonyl (C=O) groups excluding carboxylic acids is 1. The Hall–Kier alpha value is -1.95. The minimum atomic E-state index is -0.492. The van der Waals surface area contributed by atoms with Crippen molar-refractivity contribution in [1.82, 2.24) is 5.32 Å². The molecule has 1 unspecified atom stereocenters. The van der Waals surface area contributed by atoms with Crippen LogP contribution in [-0.4, -0.2) is 17.7 Å². The van der Waals surface area contributed by atoms with Crippen LogP contribution < -0.4 is 5.32 Å². The number of amides is 1. The second kappa shape index (κ2) is 8.06. The molecule has 2 rings (SSSR count). The first-order valence-corrected chi connectivity index (χ1v) is 8.50. The number of nitrogens with one attached hydrogen (secondary N) is 1. The van der Waals surface area contributed by atoms with Crippen molar-refractivity contribution in [2.45, 2.75) is 64.5 Å². The number of ether oxygens (including phenoxy) is 1. The van der Waals surface area contributed by atoms with Gasteiger partial charge in [-0.1, -0.05) is 49.3 Å². The van der Waals surface area contributed by atoms with Crippen molar-refractivity contribution in [3.8, 4) is 11.8 Å². The SMILES string of the molecule is CC(C)(C)OC(=O)NC(C#Cc1ccccc1)C1CCCCC1. The monoisotopic (exact) mass is 313 g/mol. The fraction of sp³-hybridized carbons (Fsp3) is 0.550. The third-order valence-corrected chi connectivity index (χ3v) is 3.94. The molecule has 1 N–H and O–H groups in total. The zero-order valence-electron chi connectivity index (χ0n) is 14.4. The van der Waals surface area contributed by atoms with Gasteiger partial charge in [-0.2, -0.15) is 0 Å². The maximum atomic E-state index is 12.1. The largest absolute Gasteiger partial charge is 0.444 e. The molecule has 0 spiro atoms. The highest BCUT2D eigenvalue weighted by Crippen LogP contribution is 2.26. The standard InChI is InChI=1S/C20H27NO2/c1-20(2,3)23-19(22)21-18(17-12-8-5-9-13-17)15-14-16-10-6-4-7-11-16/h4,6-7,10-11,17-18H,5,8-9,12-13H2,1-3H3,(H,21,22). The molecule has 23 heavy (non-hydrogen) atoms. The quantitative estimate of drug-likeness (QED) is 0.816. The number of alkyl carbamates (subject to hydrolysis) is 1.